The fourth-order valence-corrected chi connectivity index (χ4v) is 3.77. The Bertz CT molecular complexity index is 1140. The number of phenolic OH excluding ortho intramolecular Hbond substituents is 1. The summed E-state index contributed by atoms with van der Waals surface area (Å²) in [4.78, 5) is 18.7. The van der Waals surface area contributed by atoms with Crippen molar-refractivity contribution in [2.75, 3.05) is 6.54 Å². The van der Waals surface area contributed by atoms with Crippen LogP contribution in [0.1, 0.15) is 28.8 Å². The standard InChI is InChI=1S/C23H22FN5O2/c24-21-9-17(4-5-18(21)10-25)14-29-15-26-11-19(29)12-27-22-6-7-28(23(22)31)13-16-2-1-3-20(30)8-16/h1-5,8-9,11,15,22,27,30H,6-7,12-14H2/t22-/m1/s1. The molecule has 8 heteroatoms. The Morgan fingerprint density at radius 2 is 2.06 bits per heavy atom. The minimum absolute atomic E-state index is 0.0197. The van der Waals surface area contributed by atoms with E-state index in [-0.39, 0.29) is 23.3 Å². The van der Waals surface area contributed by atoms with Crippen LogP contribution in [0.3, 0.4) is 0 Å². The molecule has 2 heterocycles. The predicted octanol–water partition coefficient (Wildman–Crippen LogP) is 2.54. The van der Waals surface area contributed by atoms with Gasteiger partial charge >= 0.3 is 0 Å². The number of amides is 1. The number of phenols is 1. The van der Waals surface area contributed by atoms with Gasteiger partial charge in [0.15, 0.2) is 0 Å². The maximum atomic E-state index is 13.9. The van der Waals surface area contributed by atoms with Crippen molar-refractivity contribution in [3.05, 3.63) is 83.2 Å². The van der Waals surface area contributed by atoms with E-state index in [0.717, 1.165) is 16.8 Å². The summed E-state index contributed by atoms with van der Waals surface area (Å²) in [5, 5.41) is 21.8. The van der Waals surface area contributed by atoms with Crippen molar-refractivity contribution >= 4 is 5.91 Å². The van der Waals surface area contributed by atoms with Crippen LogP contribution in [-0.4, -0.2) is 38.1 Å². The van der Waals surface area contributed by atoms with Gasteiger partial charge in [0.25, 0.3) is 0 Å². The quantitative estimate of drug-likeness (QED) is 0.614. The van der Waals surface area contributed by atoms with Crippen molar-refractivity contribution in [1.29, 1.82) is 5.26 Å². The van der Waals surface area contributed by atoms with Gasteiger partial charge in [-0.1, -0.05) is 18.2 Å². The van der Waals surface area contributed by atoms with Crippen molar-refractivity contribution in [1.82, 2.24) is 19.8 Å². The molecule has 1 aromatic heterocycles. The van der Waals surface area contributed by atoms with Gasteiger partial charge in [0, 0.05) is 32.4 Å². The van der Waals surface area contributed by atoms with Crippen LogP contribution in [-0.2, 0) is 24.4 Å². The van der Waals surface area contributed by atoms with E-state index in [2.05, 4.69) is 10.3 Å². The molecular formula is C23H22FN5O2. The highest BCUT2D eigenvalue weighted by Gasteiger charge is 2.31. The van der Waals surface area contributed by atoms with E-state index in [1.807, 2.05) is 16.7 Å². The first-order valence-corrected chi connectivity index (χ1v) is 10.0. The summed E-state index contributed by atoms with van der Waals surface area (Å²) in [6.07, 6.45) is 4.08. The van der Waals surface area contributed by atoms with E-state index in [4.69, 9.17) is 5.26 Å². The van der Waals surface area contributed by atoms with E-state index in [1.165, 1.54) is 12.1 Å². The van der Waals surface area contributed by atoms with Gasteiger partial charge in [-0.25, -0.2) is 9.37 Å². The van der Waals surface area contributed by atoms with Gasteiger partial charge in [0.2, 0.25) is 5.91 Å². The predicted molar refractivity (Wildman–Crippen MR) is 111 cm³/mol. The molecule has 1 aliphatic rings. The van der Waals surface area contributed by atoms with Gasteiger partial charge in [0.05, 0.1) is 23.6 Å². The van der Waals surface area contributed by atoms with Gasteiger partial charge < -0.3 is 19.9 Å². The summed E-state index contributed by atoms with van der Waals surface area (Å²) < 4.78 is 15.8. The average molecular weight is 419 g/mol. The third-order valence-corrected chi connectivity index (χ3v) is 5.42. The largest absolute Gasteiger partial charge is 0.508 e. The van der Waals surface area contributed by atoms with Gasteiger partial charge in [-0.2, -0.15) is 5.26 Å². The van der Waals surface area contributed by atoms with Crippen LogP contribution in [0.5, 0.6) is 5.75 Å². The SMILES string of the molecule is N#Cc1ccc(Cn2cncc2CN[C@@H]2CCN(Cc3cccc(O)c3)C2=O)cc1F. The molecule has 3 aromatic rings. The molecule has 1 saturated heterocycles. The molecule has 31 heavy (non-hydrogen) atoms. The second kappa shape index (κ2) is 8.98. The minimum atomic E-state index is -0.539. The lowest BCUT2D eigenvalue weighted by molar-refractivity contribution is -0.129. The van der Waals surface area contributed by atoms with Crippen LogP contribution in [0.15, 0.2) is 55.0 Å². The zero-order chi connectivity index (χ0) is 21.8. The van der Waals surface area contributed by atoms with E-state index in [0.29, 0.717) is 32.6 Å². The Kier molecular flexibility index (Phi) is 5.96. The fraction of sp³-hybridized carbons (Fsp3) is 0.261. The van der Waals surface area contributed by atoms with Gasteiger partial charge in [0.1, 0.15) is 17.6 Å². The molecule has 0 bridgehead atoms. The van der Waals surface area contributed by atoms with Crippen LogP contribution >= 0.6 is 0 Å². The third-order valence-electron chi connectivity index (χ3n) is 5.42. The highest BCUT2D eigenvalue weighted by Crippen LogP contribution is 2.18. The third kappa shape index (κ3) is 4.73. The highest BCUT2D eigenvalue weighted by atomic mass is 19.1. The summed E-state index contributed by atoms with van der Waals surface area (Å²) in [6, 6.07) is 13.0. The number of hydrogen-bond acceptors (Lipinski definition) is 5. The van der Waals surface area contributed by atoms with Crippen LogP contribution in [0.25, 0.3) is 0 Å². The highest BCUT2D eigenvalue weighted by molar-refractivity contribution is 5.84. The molecule has 1 fully saturated rings. The van der Waals surface area contributed by atoms with E-state index >= 15 is 0 Å². The maximum absolute atomic E-state index is 13.9. The lowest BCUT2D eigenvalue weighted by Crippen LogP contribution is -2.38. The van der Waals surface area contributed by atoms with Crippen LogP contribution in [0, 0.1) is 17.1 Å². The monoisotopic (exact) mass is 419 g/mol. The number of carbonyl (C=O) groups excluding carboxylic acids is 1. The smallest absolute Gasteiger partial charge is 0.240 e. The van der Waals surface area contributed by atoms with Gasteiger partial charge in [-0.15, -0.1) is 0 Å². The molecular weight excluding hydrogens is 397 g/mol. The second-order valence-corrected chi connectivity index (χ2v) is 7.59. The fourth-order valence-electron chi connectivity index (χ4n) is 3.77. The van der Waals surface area contributed by atoms with Gasteiger partial charge in [-0.05, 0) is 41.8 Å². The molecule has 0 radical (unpaired) electrons. The molecule has 7 nitrogen and oxygen atoms in total. The molecule has 0 unspecified atom stereocenters. The molecule has 0 saturated carbocycles. The summed E-state index contributed by atoms with van der Waals surface area (Å²) in [6.45, 7) is 1.99. The molecule has 0 spiro atoms. The Hall–Kier alpha value is -3.70. The van der Waals surface area contributed by atoms with Crippen molar-refractivity contribution in [2.24, 2.45) is 0 Å². The van der Waals surface area contributed by atoms with Crippen molar-refractivity contribution in [3.8, 4) is 11.8 Å². The summed E-state index contributed by atoms with van der Waals surface area (Å²) >= 11 is 0. The molecule has 2 aromatic carbocycles. The Morgan fingerprint density at radius 1 is 1.23 bits per heavy atom. The molecule has 1 atom stereocenters. The van der Waals surface area contributed by atoms with E-state index < -0.39 is 5.82 Å². The molecule has 1 aliphatic heterocycles. The topological polar surface area (TPSA) is 94.2 Å². The number of nitriles is 1. The van der Waals surface area contributed by atoms with Crippen molar-refractivity contribution in [2.45, 2.75) is 32.1 Å². The van der Waals surface area contributed by atoms with Crippen molar-refractivity contribution < 1.29 is 14.3 Å². The zero-order valence-electron chi connectivity index (χ0n) is 16.8. The number of aromatic nitrogens is 2. The number of nitrogens with one attached hydrogen (secondary N) is 1. The van der Waals surface area contributed by atoms with Crippen LogP contribution in [0.2, 0.25) is 0 Å². The number of nitrogens with zero attached hydrogens (tertiary/aromatic N) is 4. The number of imidazole rings is 1. The number of carbonyl (C=O) groups is 1. The van der Waals surface area contributed by atoms with Gasteiger partial charge in [-0.3, -0.25) is 4.79 Å². The second-order valence-electron chi connectivity index (χ2n) is 7.59. The van der Waals surface area contributed by atoms with Crippen LogP contribution < -0.4 is 5.32 Å². The normalized spacial score (nSPS) is 15.9. The first-order chi connectivity index (χ1) is 15.0. The zero-order valence-corrected chi connectivity index (χ0v) is 16.8. The molecule has 2 N–H and O–H groups in total. The number of likely N-dealkylation sites (tertiary alicyclic amines) is 1. The minimum Gasteiger partial charge on any atom is -0.508 e. The first kappa shape index (κ1) is 20.6. The first-order valence-electron chi connectivity index (χ1n) is 10.0. The lowest BCUT2D eigenvalue weighted by atomic mass is 10.1. The van der Waals surface area contributed by atoms with E-state index in [9.17, 15) is 14.3 Å². The molecule has 1 amide bonds. The molecule has 158 valence electrons. The summed E-state index contributed by atoms with van der Waals surface area (Å²) in [5.74, 6) is -0.319. The maximum Gasteiger partial charge on any atom is 0.240 e. The number of rotatable bonds is 7. The number of halogens is 1. The Balaban J connectivity index is 1.35. The average Bonchev–Trinajstić information content (AvgIpc) is 3.33. The molecule has 0 aliphatic carbocycles. The lowest BCUT2D eigenvalue weighted by Gasteiger charge is -2.17. The molecule has 4 rings (SSSR count). The van der Waals surface area contributed by atoms with Crippen LogP contribution in [0.4, 0.5) is 4.39 Å². The Labute approximate surface area is 179 Å². The number of benzene rings is 2. The van der Waals surface area contributed by atoms with E-state index in [1.54, 1.807) is 41.7 Å². The Morgan fingerprint density at radius 3 is 2.84 bits per heavy atom. The number of aromatic hydroxyl groups is 1. The van der Waals surface area contributed by atoms with Crippen molar-refractivity contribution in [3.63, 3.8) is 0 Å². The summed E-state index contributed by atoms with van der Waals surface area (Å²) in [7, 11) is 0. The summed E-state index contributed by atoms with van der Waals surface area (Å²) in [5.41, 5.74) is 2.52. The number of hydrogen-bond donors (Lipinski definition) is 2.